The molecule has 84 valence electrons. The Kier molecular flexibility index (Phi) is 3.81. The lowest BCUT2D eigenvalue weighted by molar-refractivity contribution is -0.144. The molecule has 2 N–H and O–H groups in total. The van der Waals surface area contributed by atoms with Crippen LogP contribution >= 0.6 is 0 Å². The maximum Gasteiger partial charge on any atom is 0.308 e. The third-order valence-corrected chi connectivity index (χ3v) is 2.03. The van der Waals surface area contributed by atoms with Crippen LogP contribution < -0.4 is 0 Å². The second kappa shape index (κ2) is 4.90. The Morgan fingerprint density at radius 1 is 1.67 bits per heavy atom. The normalized spacial score (nSPS) is 14.7. The van der Waals surface area contributed by atoms with Gasteiger partial charge in [0.15, 0.2) is 0 Å². The molecule has 0 saturated heterocycles. The zero-order valence-corrected chi connectivity index (χ0v) is 8.62. The molecule has 2 atom stereocenters. The highest BCUT2D eigenvalue weighted by Gasteiger charge is 2.22. The van der Waals surface area contributed by atoms with E-state index in [1.165, 1.54) is 18.0 Å². The first-order valence-corrected chi connectivity index (χ1v) is 4.46. The van der Waals surface area contributed by atoms with Crippen LogP contribution in [0.25, 0.3) is 0 Å². The van der Waals surface area contributed by atoms with E-state index >= 15 is 0 Å². The molecule has 1 aromatic rings. The number of rotatable bonds is 4. The van der Waals surface area contributed by atoms with Crippen molar-refractivity contribution >= 4 is 5.97 Å². The summed E-state index contributed by atoms with van der Waals surface area (Å²) in [6.45, 7) is 0. The lowest BCUT2D eigenvalue weighted by Gasteiger charge is -2.14. The van der Waals surface area contributed by atoms with Gasteiger partial charge >= 0.3 is 5.97 Å². The Morgan fingerprint density at radius 3 is 2.80 bits per heavy atom. The second-order valence-corrected chi connectivity index (χ2v) is 3.24. The van der Waals surface area contributed by atoms with Gasteiger partial charge in [-0.2, -0.15) is 5.10 Å². The van der Waals surface area contributed by atoms with Crippen LogP contribution in [0.2, 0.25) is 0 Å². The predicted molar refractivity (Wildman–Crippen MR) is 50.8 cm³/mol. The van der Waals surface area contributed by atoms with Gasteiger partial charge in [-0.1, -0.05) is 0 Å². The topological polar surface area (TPSA) is 84.6 Å². The van der Waals surface area contributed by atoms with Gasteiger partial charge < -0.3 is 14.9 Å². The Bertz CT molecular complexity index is 337. The third kappa shape index (κ3) is 3.03. The first kappa shape index (κ1) is 11.7. The summed E-state index contributed by atoms with van der Waals surface area (Å²) in [4.78, 5) is 10.8. The number of carbonyl (C=O) groups is 1. The van der Waals surface area contributed by atoms with Crippen LogP contribution in [0, 0.1) is 0 Å². The van der Waals surface area contributed by atoms with Crippen LogP contribution in [0.4, 0.5) is 0 Å². The molecule has 1 heterocycles. The van der Waals surface area contributed by atoms with Crippen molar-refractivity contribution < 1.29 is 19.7 Å². The van der Waals surface area contributed by atoms with Gasteiger partial charge in [0.2, 0.25) is 0 Å². The van der Waals surface area contributed by atoms with Crippen molar-refractivity contribution in [1.29, 1.82) is 0 Å². The maximum atomic E-state index is 10.8. The van der Waals surface area contributed by atoms with Crippen LogP contribution in [0.3, 0.4) is 0 Å². The van der Waals surface area contributed by atoms with E-state index in [2.05, 4.69) is 9.84 Å². The first-order valence-electron chi connectivity index (χ1n) is 4.46. The van der Waals surface area contributed by atoms with Gasteiger partial charge in [-0.15, -0.1) is 0 Å². The van der Waals surface area contributed by atoms with Gasteiger partial charge in [0.25, 0.3) is 0 Å². The summed E-state index contributed by atoms with van der Waals surface area (Å²) in [5.41, 5.74) is 0.467. The fourth-order valence-electron chi connectivity index (χ4n) is 1.18. The minimum Gasteiger partial charge on any atom is -0.469 e. The van der Waals surface area contributed by atoms with E-state index in [1.807, 2.05) is 0 Å². The fourth-order valence-corrected chi connectivity index (χ4v) is 1.18. The molecule has 6 nitrogen and oxygen atoms in total. The number of carbonyl (C=O) groups excluding carboxylic acids is 1. The molecule has 1 rings (SSSR count). The van der Waals surface area contributed by atoms with E-state index in [-0.39, 0.29) is 6.42 Å². The number of hydrogen-bond donors (Lipinski definition) is 2. The molecule has 2 unspecified atom stereocenters. The quantitative estimate of drug-likeness (QED) is 0.652. The standard InChI is InChI=1S/C9H14N2O4/c1-11-5-6(4-10-11)9(14)7(12)3-8(13)15-2/h4-5,7,9,12,14H,3H2,1-2H3. The molecule has 0 aliphatic heterocycles. The molecule has 0 amide bonds. The van der Waals surface area contributed by atoms with Crippen LogP contribution in [-0.2, 0) is 16.6 Å². The van der Waals surface area contributed by atoms with E-state index in [9.17, 15) is 15.0 Å². The van der Waals surface area contributed by atoms with Gasteiger partial charge in [-0.3, -0.25) is 9.48 Å². The van der Waals surface area contributed by atoms with Crippen LogP contribution in [0.1, 0.15) is 18.1 Å². The predicted octanol–water partition coefficient (Wildman–Crippen LogP) is -0.623. The van der Waals surface area contributed by atoms with E-state index in [4.69, 9.17) is 0 Å². The minimum absolute atomic E-state index is 0.243. The van der Waals surface area contributed by atoms with Crippen molar-refractivity contribution in [1.82, 2.24) is 9.78 Å². The Hall–Kier alpha value is -1.40. The molecule has 0 spiro atoms. The van der Waals surface area contributed by atoms with Gasteiger partial charge in [-0.25, -0.2) is 0 Å². The molecule has 6 heteroatoms. The molecule has 0 saturated carbocycles. The number of hydrogen-bond acceptors (Lipinski definition) is 5. The summed E-state index contributed by atoms with van der Waals surface area (Å²) in [6.07, 6.45) is 0.461. The Labute approximate surface area is 87.1 Å². The smallest absolute Gasteiger partial charge is 0.308 e. The van der Waals surface area contributed by atoms with Crippen molar-refractivity contribution in [3.05, 3.63) is 18.0 Å². The number of methoxy groups -OCH3 is 1. The minimum atomic E-state index is -1.18. The zero-order chi connectivity index (χ0) is 11.4. The molecular weight excluding hydrogens is 200 g/mol. The number of aliphatic hydroxyl groups is 2. The number of ether oxygens (including phenoxy) is 1. The molecule has 1 aromatic heterocycles. The van der Waals surface area contributed by atoms with Gasteiger partial charge in [0.1, 0.15) is 6.10 Å². The van der Waals surface area contributed by atoms with Gasteiger partial charge in [0.05, 0.1) is 25.8 Å². The summed E-state index contributed by atoms with van der Waals surface area (Å²) >= 11 is 0. The highest BCUT2D eigenvalue weighted by atomic mass is 16.5. The monoisotopic (exact) mass is 214 g/mol. The number of aromatic nitrogens is 2. The fraction of sp³-hybridized carbons (Fsp3) is 0.556. The SMILES string of the molecule is COC(=O)CC(O)C(O)c1cnn(C)c1. The summed E-state index contributed by atoms with van der Waals surface area (Å²) < 4.78 is 5.88. The average Bonchev–Trinajstić information content (AvgIpc) is 2.63. The van der Waals surface area contributed by atoms with Crippen molar-refractivity contribution in [2.75, 3.05) is 7.11 Å². The average molecular weight is 214 g/mol. The van der Waals surface area contributed by atoms with Gasteiger partial charge in [0, 0.05) is 18.8 Å². The van der Waals surface area contributed by atoms with Crippen molar-refractivity contribution in [2.24, 2.45) is 7.05 Å². The van der Waals surface area contributed by atoms with E-state index < -0.39 is 18.2 Å². The molecular formula is C9H14N2O4. The lowest BCUT2D eigenvalue weighted by Crippen LogP contribution is -2.22. The summed E-state index contributed by atoms with van der Waals surface area (Å²) in [6, 6.07) is 0. The molecule has 0 aliphatic carbocycles. The van der Waals surface area contributed by atoms with Crippen LogP contribution in [0.5, 0.6) is 0 Å². The van der Waals surface area contributed by atoms with Crippen molar-refractivity contribution in [3.8, 4) is 0 Å². The number of aliphatic hydroxyl groups excluding tert-OH is 2. The summed E-state index contributed by atoms with van der Waals surface area (Å²) in [7, 11) is 2.93. The molecule has 0 radical (unpaired) electrons. The molecule has 0 bridgehead atoms. The zero-order valence-electron chi connectivity index (χ0n) is 8.62. The Morgan fingerprint density at radius 2 is 2.33 bits per heavy atom. The van der Waals surface area contributed by atoms with E-state index in [0.29, 0.717) is 5.56 Å². The third-order valence-electron chi connectivity index (χ3n) is 2.03. The van der Waals surface area contributed by atoms with Crippen molar-refractivity contribution in [3.63, 3.8) is 0 Å². The first-order chi connectivity index (χ1) is 7.04. The van der Waals surface area contributed by atoms with Crippen LogP contribution in [0.15, 0.2) is 12.4 Å². The lowest BCUT2D eigenvalue weighted by atomic mass is 10.1. The number of aryl methyl sites for hydroxylation is 1. The molecule has 0 aromatic carbocycles. The number of esters is 1. The summed E-state index contributed by atoms with van der Waals surface area (Å²) in [5, 5.41) is 23.0. The van der Waals surface area contributed by atoms with E-state index in [0.717, 1.165) is 0 Å². The second-order valence-electron chi connectivity index (χ2n) is 3.24. The molecule has 0 fully saturated rings. The largest absolute Gasteiger partial charge is 0.469 e. The molecule has 15 heavy (non-hydrogen) atoms. The maximum absolute atomic E-state index is 10.8. The Balaban J connectivity index is 2.60. The van der Waals surface area contributed by atoms with Crippen molar-refractivity contribution in [2.45, 2.75) is 18.6 Å². The van der Waals surface area contributed by atoms with E-state index in [1.54, 1.807) is 13.2 Å². The van der Waals surface area contributed by atoms with Crippen LogP contribution in [-0.4, -0.2) is 39.2 Å². The highest BCUT2D eigenvalue weighted by Crippen LogP contribution is 2.18. The summed E-state index contributed by atoms with van der Waals surface area (Å²) in [5.74, 6) is -0.564. The highest BCUT2D eigenvalue weighted by molar-refractivity contribution is 5.69. The molecule has 0 aliphatic rings. The number of nitrogens with zero attached hydrogens (tertiary/aromatic N) is 2. The van der Waals surface area contributed by atoms with Gasteiger partial charge in [-0.05, 0) is 0 Å².